The molecule has 0 fully saturated rings. The minimum absolute atomic E-state index is 0.642. The molecule has 0 aromatic heterocycles. The van der Waals surface area contributed by atoms with Gasteiger partial charge in [-0.3, -0.25) is 0 Å². The first kappa shape index (κ1) is 18.1. The summed E-state index contributed by atoms with van der Waals surface area (Å²) in [7, 11) is -1.99. The molecule has 0 heterocycles. The van der Waals surface area contributed by atoms with Crippen LogP contribution in [0.3, 0.4) is 0 Å². The van der Waals surface area contributed by atoms with Gasteiger partial charge in [-0.2, -0.15) is 0 Å². The van der Waals surface area contributed by atoms with Crippen LogP contribution in [0, 0.1) is 0 Å². The van der Waals surface area contributed by atoms with Gasteiger partial charge in [-0.1, -0.05) is 30.9 Å². The number of hydrogen-bond acceptors (Lipinski definition) is 3. The normalized spacial score (nSPS) is 11.6. The molecule has 0 amide bonds. The monoisotopic (exact) mass is 308 g/mol. The van der Waals surface area contributed by atoms with E-state index in [0.29, 0.717) is 6.61 Å². The van der Waals surface area contributed by atoms with Gasteiger partial charge in [-0.15, -0.1) is 0 Å². The molecule has 4 heteroatoms. The highest BCUT2D eigenvalue weighted by molar-refractivity contribution is 6.66. The van der Waals surface area contributed by atoms with Gasteiger partial charge in [0.15, 0.2) is 0 Å². The molecule has 0 unspecified atom stereocenters. The maximum absolute atomic E-state index is 5.82. The van der Waals surface area contributed by atoms with Gasteiger partial charge in [-0.05, 0) is 50.1 Å². The van der Waals surface area contributed by atoms with Crippen LogP contribution in [0.2, 0.25) is 12.6 Å². The van der Waals surface area contributed by atoms with Gasteiger partial charge in [0.25, 0.3) is 0 Å². The number of benzene rings is 1. The van der Waals surface area contributed by atoms with Crippen molar-refractivity contribution in [1.29, 1.82) is 0 Å². The van der Waals surface area contributed by atoms with Gasteiger partial charge >= 0.3 is 8.56 Å². The van der Waals surface area contributed by atoms with Gasteiger partial charge < -0.3 is 13.6 Å². The molecule has 0 saturated heterocycles. The van der Waals surface area contributed by atoms with E-state index in [9.17, 15) is 0 Å². The minimum Gasteiger partial charge on any atom is -0.395 e. The molecule has 0 aliphatic heterocycles. The zero-order valence-corrected chi connectivity index (χ0v) is 14.6. The highest BCUT2D eigenvalue weighted by Gasteiger charge is 2.29. The van der Waals surface area contributed by atoms with Crippen LogP contribution in [0.25, 0.3) is 6.08 Å². The standard InChI is InChI=1S/C17H28O3Si/c1-5-16-10-8-11-17(14-16)15-18-12-9-13-21(4,19-6-2)20-7-3/h5,8,10-11,14H,1,6-7,9,12-13,15H2,2-4H3. The number of ether oxygens (including phenoxy) is 1. The molecule has 0 atom stereocenters. The SMILES string of the molecule is C=Cc1cccc(COCCC[Si](C)(OCC)OCC)c1. The molecule has 0 spiro atoms. The highest BCUT2D eigenvalue weighted by atomic mass is 28.4. The summed E-state index contributed by atoms with van der Waals surface area (Å²) in [6, 6.07) is 9.22. The number of hydrogen-bond donors (Lipinski definition) is 0. The van der Waals surface area contributed by atoms with Crippen molar-refractivity contribution in [2.75, 3.05) is 19.8 Å². The molecular formula is C17H28O3Si. The van der Waals surface area contributed by atoms with E-state index in [1.807, 2.05) is 32.1 Å². The summed E-state index contributed by atoms with van der Waals surface area (Å²) in [5.41, 5.74) is 2.31. The van der Waals surface area contributed by atoms with Crippen molar-refractivity contribution in [2.45, 2.75) is 39.5 Å². The van der Waals surface area contributed by atoms with Crippen molar-refractivity contribution in [3.63, 3.8) is 0 Å². The maximum Gasteiger partial charge on any atom is 0.334 e. The van der Waals surface area contributed by atoms with Crippen LogP contribution in [0.4, 0.5) is 0 Å². The topological polar surface area (TPSA) is 27.7 Å². The lowest BCUT2D eigenvalue weighted by molar-refractivity contribution is 0.117. The number of rotatable bonds is 11. The average Bonchev–Trinajstić information content (AvgIpc) is 2.47. The van der Waals surface area contributed by atoms with E-state index in [1.54, 1.807) is 0 Å². The van der Waals surface area contributed by atoms with Crippen LogP contribution in [0.5, 0.6) is 0 Å². The Bertz CT molecular complexity index is 414. The summed E-state index contributed by atoms with van der Waals surface area (Å²) in [5, 5.41) is 0. The molecule has 1 aromatic carbocycles. The molecule has 1 rings (SSSR count). The van der Waals surface area contributed by atoms with Gasteiger partial charge in [0.2, 0.25) is 0 Å². The van der Waals surface area contributed by atoms with Crippen LogP contribution in [-0.4, -0.2) is 28.4 Å². The zero-order valence-electron chi connectivity index (χ0n) is 13.6. The summed E-state index contributed by atoms with van der Waals surface area (Å²) >= 11 is 0. The molecule has 0 N–H and O–H groups in total. The molecular weight excluding hydrogens is 280 g/mol. The fourth-order valence-electron chi connectivity index (χ4n) is 2.29. The van der Waals surface area contributed by atoms with Crippen molar-refractivity contribution >= 4 is 14.6 Å². The molecule has 0 bridgehead atoms. The highest BCUT2D eigenvalue weighted by Crippen LogP contribution is 2.16. The van der Waals surface area contributed by atoms with Crippen molar-refractivity contribution in [3.8, 4) is 0 Å². The zero-order chi connectivity index (χ0) is 15.6. The molecule has 118 valence electrons. The Morgan fingerprint density at radius 2 is 1.90 bits per heavy atom. The molecule has 0 aliphatic carbocycles. The van der Waals surface area contributed by atoms with E-state index in [4.69, 9.17) is 13.6 Å². The lowest BCUT2D eigenvalue weighted by Gasteiger charge is -2.25. The van der Waals surface area contributed by atoms with E-state index in [2.05, 4.69) is 25.3 Å². The van der Waals surface area contributed by atoms with Crippen molar-refractivity contribution in [3.05, 3.63) is 42.0 Å². The third-order valence-corrected chi connectivity index (χ3v) is 6.33. The summed E-state index contributed by atoms with van der Waals surface area (Å²) in [5.74, 6) is 0. The smallest absolute Gasteiger partial charge is 0.334 e. The van der Waals surface area contributed by atoms with Crippen LogP contribution in [0.15, 0.2) is 30.8 Å². The molecule has 3 nitrogen and oxygen atoms in total. The Balaban J connectivity index is 2.28. The summed E-state index contributed by atoms with van der Waals surface area (Å²) in [4.78, 5) is 0. The van der Waals surface area contributed by atoms with E-state index < -0.39 is 8.56 Å². The third-order valence-electron chi connectivity index (χ3n) is 3.27. The van der Waals surface area contributed by atoms with Gasteiger partial charge in [0, 0.05) is 19.8 Å². The largest absolute Gasteiger partial charge is 0.395 e. The Hall–Kier alpha value is -0.943. The predicted molar refractivity (Wildman–Crippen MR) is 90.5 cm³/mol. The Morgan fingerprint density at radius 1 is 1.19 bits per heavy atom. The maximum atomic E-state index is 5.82. The molecule has 1 aromatic rings. The first-order valence-electron chi connectivity index (χ1n) is 7.70. The second-order valence-electron chi connectivity index (χ2n) is 5.11. The lowest BCUT2D eigenvalue weighted by Crippen LogP contribution is -2.38. The minimum atomic E-state index is -1.99. The van der Waals surface area contributed by atoms with Gasteiger partial charge in [-0.25, -0.2) is 0 Å². The van der Waals surface area contributed by atoms with Crippen LogP contribution in [-0.2, 0) is 20.2 Å². The van der Waals surface area contributed by atoms with Crippen LogP contribution < -0.4 is 0 Å². The molecule has 0 radical (unpaired) electrons. The fraction of sp³-hybridized carbons (Fsp3) is 0.529. The first-order chi connectivity index (χ1) is 10.1. The van der Waals surface area contributed by atoms with Crippen molar-refractivity contribution in [1.82, 2.24) is 0 Å². The van der Waals surface area contributed by atoms with Crippen LogP contribution >= 0.6 is 0 Å². The Morgan fingerprint density at radius 3 is 2.52 bits per heavy atom. The molecule has 0 saturated carbocycles. The fourth-order valence-corrected chi connectivity index (χ4v) is 4.67. The Labute approximate surface area is 130 Å². The molecule has 21 heavy (non-hydrogen) atoms. The molecule has 0 aliphatic rings. The average molecular weight is 308 g/mol. The lowest BCUT2D eigenvalue weighted by atomic mass is 10.1. The quantitative estimate of drug-likeness (QED) is 0.448. The van der Waals surface area contributed by atoms with Gasteiger partial charge in [0.05, 0.1) is 6.61 Å². The summed E-state index contributed by atoms with van der Waals surface area (Å²) in [6.45, 7) is 12.8. The van der Waals surface area contributed by atoms with E-state index in [1.165, 1.54) is 5.56 Å². The van der Waals surface area contributed by atoms with E-state index in [-0.39, 0.29) is 0 Å². The van der Waals surface area contributed by atoms with Crippen molar-refractivity contribution in [2.24, 2.45) is 0 Å². The summed E-state index contributed by atoms with van der Waals surface area (Å²) < 4.78 is 17.4. The van der Waals surface area contributed by atoms with E-state index >= 15 is 0 Å². The van der Waals surface area contributed by atoms with Crippen LogP contribution in [0.1, 0.15) is 31.4 Å². The predicted octanol–water partition coefficient (Wildman–Crippen LogP) is 4.38. The van der Waals surface area contributed by atoms with E-state index in [0.717, 1.165) is 37.8 Å². The van der Waals surface area contributed by atoms with Gasteiger partial charge in [0.1, 0.15) is 0 Å². The second-order valence-corrected chi connectivity index (χ2v) is 8.45. The van der Waals surface area contributed by atoms with Crippen molar-refractivity contribution < 1.29 is 13.6 Å². The third kappa shape index (κ3) is 7.04. The first-order valence-corrected chi connectivity index (χ1v) is 10.2. The Kier molecular flexibility index (Phi) is 8.53. The second kappa shape index (κ2) is 9.90. The summed E-state index contributed by atoms with van der Waals surface area (Å²) in [6.07, 6.45) is 2.83.